The van der Waals surface area contributed by atoms with Gasteiger partial charge in [0.05, 0.1) is 19.6 Å². The van der Waals surface area contributed by atoms with Crippen molar-refractivity contribution < 1.29 is 13.9 Å². The summed E-state index contributed by atoms with van der Waals surface area (Å²) >= 11 is 13.3. The molecule has 0 heterocycles. The molecule has 21 heavy (non-hydrogen) atoms. The zero-order valence-corrected chi connectivity index (χ0v) is 15.2. The molecule has 0 saturated carbocycles. The van der Waals surface area contributed by atoms with Gasteiger partial charge in [-0.05, 0) is 23.8 Å². The summed E-state index contributed by atoms with van der Waals surface area (Å²) in [5, 5.41) is -0.646. The van der Waals surface area contributed by atoms with Crippen molar-refractivity contribution in [3.05, 3.63) is 56.2 Å². The lowest BCUT2D eigenvalue weighted by molar-refractivity contribution is 0.351. The van der Waals surface area contributed by atoms with E-state index >= 15 is 0 Å². The fourth-order valence-electron chi connectivity index (χ4n) is 1.94. The number of methoxy groups -OCH3 is 2. The second kappa shape index (κ2) is 6.99. The van der Waals surface area contributed by atoms with Crippen molar-refractivity contribution in [3.63, 3.8) is 0 Å². The van der Waals surface area contributed by atoms with Gasteiger partial charge in [0, 0.05) is 20.6 Å². The van der Waals surface area contributed by atoms with Crippen molar-refractivity contribution in [3.8, 4) is 11.5 Å². The highest BCUT2D eigenvalue weighted by Gasteiger charge is 2.21. The van der Waals surface area contributed by atoms with Crippen molar-refractivity contribution in [1.29, 1.82) is 0 Å². The average molecular weight is 439 g/mol. The van der Waals surface area contributed by atoms with Gasteiger partial charge in [-0.25, -0.2) is 4.39 Å². The second-order valence-electron chi connectivity index (χ2n) is 4.26. The third-order valence-corrected chi connectivity index (χ3v) is 4.66. The molecule has 0 aliphatic carbocycles. The minimum atomic E-state index is -0.646. The first-order valence-corrected chi connectivity index (χ1v) is 8.00. The van der Waals surface area contributed by atoms with E-state index < -0.39 is 11.2 Å². The number of rotatable bonds is 4. The van der Waals surface area contributed by atoms with Crippen molar-refractivity contribution >= 4 is 43.5 Å². The molecule has 0 aromatic heterocycles. The molecule has 0 N–H and O–H groups in total. The normalized spacial score (nSPS) is 12.1. The van der Waals surface area contributed by atoms with Crippen LogP contribution in [0.5, 0.6) is 11.5 Å². The zero-order valence-electron chi connectivity index (χ0n) is 11.3. The molecule has 0 saturated heterocycles. The van der Waals surface area contributed by atoms with Crippen molar-refractivity contribution in [2.45, 2.75) is 5.38 Å². The molecule has 0 radical (unpaired) electrons. The molecule has 2 rings (SSSR count). The number of ether oxygens (including phenoxy) is 2. The molecule has 0 bridgehead atoms. The summed E-state index contributed by atoms with van der Waals surface area (Å²) in [4.78, 5) is 0. The van der Waals surface area contributed by atoms with E-state index in [4.69, 9.17) is 21.1 Å². The predicted molar refractivity (Wildman–Crippen MR) is 89.0 cm³/mol. The number of benzene rings is 2. The monoisotopic (exact) mass is 436 g/mol. The molecule has 0 aliphatic rings. The Balaban J connectivity index is 2.50. The summed E-state index contributed by atoms with van der Waals surface area (Å²) in [6.07, 6.45) is 0. The number of hydrogen-bond acceptors (Lipinski definition) is 2. The highest BCUT2D eigenvalue weighted by atomic mass is 79.9. The molecule has 112 valence electrons. The highest BCUT2D eigenvalue weighted by Crippen LogP contribution is 2.40. The van der Waals surface area contributed by atoms with Crippen LogP contribution in [-0.4, -0.2) is 14.2 Å². The third kappa shape index (κ3) is 3.52. The highest BCUT2D eigenvalue weighted by molar-refractivity contribution is 9.11. The van der Waals surface area contributed by atoms with Crippen molar-refractivity contribution in [1.82, 2.24) is 0 Å². The van der Waals surface area contributed by atoms with Crippen molar-refractivity contribution in [2.75, 3.05) is 14.2 Å². The van der Waals surface area contributed by atoms with Crippen LogP contribution < -0.4 is 9.47 Å². The van der Waals surface area contributed by atoms with Crippen LogP contribution in [0.1, 0.15) is 16.5 Å². The Bertz CT molecular complexity index is 664. The van der Waals surface area contributed by atoms with Gasteiger partial charge >= 0.3 is 0 Å². The first-order chi connectivity index (χ1) is 9.97. The Hall–Kier alpha value is -0.780. The summed E-state index contributed by atoms with van der Waals surface area (Å²) in [5.41, 5.74) is 1.10. The zero-order chi connectivity index (χ0) is 15.6. The Morgan fingerprint density at radius 3 is 2.19 bits per heavy atom. The smallest absolute Gasteiger partial charge is 0.163 e. The van der Waals surface area contributed by atoms with Crippen LogP contribution in [0.15, 0.2) is 39.3 Å². The fourth-order valence-corrected chi connectivity index (χ4v) is 3.70. The molecule has 2 nitrogen and oxygen atoms in total. The van der Waals surface area contributed by atoms with Gasteiger partial charge in [0.2, 0.25) is 0 Å². The maximum Gasteiger partial charge on any atom is 0.163 e. The lowest BCUT2D eigenvalue weighted by atomic mass is 10.0. The summed E-state index contributed by atoms with van der Waals surface area (Å²) in [5.74, 6) is 0.327. The second-order valence-corrected chi connectivity index (χ2v) is 6.46. The van der Waals surface area contributed by atoms with Gasteiger partial charge in [0.15, 0.2) is 11.5 Å². The summed E-state index contributed by atoms with van der Waals surface area (Å²) < 4.78 is 26.2. The van der Waals surface area contributed by atoms with Crippen LogP contribution in [0.25, 0.3) is 0 Å². The van der Waals surface area contributed by atoms with Crippen LogP contribution in [0.3, 0.4) is 0 Å². The lowest BCUT2D eigenvalue weighted by Gasteiger charge is -2.16. The molecule has 1 atom stereocenters. The van der Waals surface area contributed by atoms with Gasteiger partial charge < -0.3 is 9.47 Å². The van der Waals surface area contributed by atoms with Gasteiger partial charge in [-0.1, -0.05) is 37.9 Å². The van der Waals surface area contributed by atoms with E-state index in [1.165, 1.54) is 20.3 Å². The maximum absolute atomic E-state index is 14.3. The molecule has 0 aliphatic heterocycles. The van der Waals surface area contributed by atoms with Crippen LogP contribution in [0, 0.1) is 5.82 Å². The van der Waals surface area contributed by atoms with Gasteiger partial charge in [-0.15, -0.1) is 11.6 Å². The first kappa shape index (κ1) is 16.6. The first-order valence-electron chi connectivity index (χ1n) is 5.98. The van der Waals surface area contributed by atoms with Gasteiger partial charge in [-0.2, -0.15) is 0 Å². The fraction of sp³-hybridized carbons (Fsp3) is 0.200. The molecule has 0 fully saturated rings. The van der Waals surface area contributed by atoms with Crippen LogP contribution in [0.2, 0.25) is 0 Å². The van der Waals surface area contributed by atoms with Crippen LogP contribution in [-0.2, 0) is 0 Å². The Morgan fingerprint density at radius 1 is 1.00 bits per heavy atom. The number of alkyl halides is 1. The quantitative estimate of drug-likeness (QED) is 0.571. The molecular weight excluding hydrogens is 426 g/mol. The van der Waals surface area contributed by atoms with Crippen LogP contribution in [0.4, 0.5) is 4.39 Å². The molecule has 2 aromatic carbocycles. The molecule has 1 unspecified atom stereocenters. The van der Waals surface area contributed by atoms with E-state index in [2.05, 4.69) is 31.9 Å². The van der Waals surface area contributed by atoms with E-state index in [9.17, 15) is 4.39 Å². The molecule has 6 heteroatoms. The minimum absolute atomic E-state index is 0.331. The molecule has 2 aromatic rings. The minimum Gasteiger partial charge on any atom is -0.493 e. The van der Waals surface area contributed by atoms with E-state index in [0.717, 1.165) is 14.5 Å². The van der Waals surface area contributed by atoms with E-state index in [0.29, 0.717) is 17.1 Å². The van der Waals surface area contributed by atoms with E-state index in [1.54, 1.807) is 6.07 Å². The van der Waals surface area contributed by atoms with Crippen molar-refractivity contribution in [2.24, 2.45) is 0 Å². The van der Waals surface area contributed by atoms with Gasteiger partial charge in [0.25, 0.3) is 0 Å². The van der Waals surface area contributed by atoms with Gasteiger partial charge in [0.1, 0.15) is 5.82 Å². The van der Waals surface area contributed by atoms with Crippen LogP contribution >= 0.6 is 43.5 Å². The average Bonchev–Trinajstić information content (AvgIpc) is 2.46. The summed E-state index contributed by atoms with van der Waals surface area (Å²) in [7, 11) is 2.96. The summed E-state index contributed by atoms with van der Waals surface area (Å²) in [6.45, 7) is 0. The maximum atomic E-state index is 14.3. The third-order valence-electron chi connectivity index (χ3n) is 3.01. The summed E-state index contributed by atoms with van der Waals surface area (Å²) in [6, 6.07) is 8.39. The van der Waals surface area contributed by atoms with E-state index in [-0.39, 0.29) is 0 Å². The standard InChI is InChI=1S/C15H12Br2ClFO2/c1-20-13-6-10(12(19)7-14(13)21-2)15(18)9-4-3-8(16)5-11(9)17/h3-7,15H,1-2H3. The molecule has 0 amide bonds. The largest absolute Gasteiger partial charge is 0.493 e. The number of halogens is 4. The Labute approximate surface area is 144 Å². The molecular formula is C15H12Br2ClFO2. The molecule has 0 spiro atoms. The Morgan fingerprint density at radius 2 is 1.62 bits per heavy atom. The van der Waals surface area contributed by atoms with Gasteiger partial charge in [-0.3, -0.25) is 0 Å². The number of hydrogen-bond donors (Lipinski definition) is 0. The van der Waals surface area contributed by atoms with E-state index in [1.807, 2.05) is 18.2 Å². The Kier molecular flexibility index (Phi) is 5.52. The lowest BCUT2D eigenvalue weighted by Crippen LogP contribution is -2.01. The SMILES string of the molecule is COc1cc(F)c(C(Cl)c2ccc(Br)cc2Br)cc1OC. The predicted octanol–water partition coefficient (Wildman–Crippen LogP) is 5.70. The topological polar surface area (TPSA) is 18.5 Å².